The Morgan fingerprint density at radius 3 is 1.74 bits per heavy atom. The van der Waals surface area contributed by atoms with Crippen LogP contribution in [0.1, 0.15) is 11.6 Å². The first kappa shape index (κ1) is 24.3. The largest absolute Gasteiger partial charge is 0.233 e. The van der Waals surface area contributed by atoms with Gasteiger partial charge in [-0.25, -0.2) is 19.9 Å². The van der Waals surface area contributed by atoms with Crippen molar-refractivity contribution in [3.05, 3.63) is 133 Å². The van der Waals surface area contributed by atoms with Crippen LogP contribution in [0.15, 0.2) is 121 Å². The van der Waals surface area contributed by atoms with Gasteiger partial charge in [0.1, 0.15) is 11.6 Å². The van der Waals surface area contributed by atoms with Crippen molar-refractivity contribution in [2.45, 2.75) is 13.8 Å². The monoisotopic (exact) mass is 538 g/mol. The molecule has 2 aromatic heterocycles. The van der Waals surface area contributed by atoms with E-state index in [4.69, 9.17) is 19.9 Å². The van der Waals surface area contributed by atoms with Crippen LogP contribution in [-0.4, -0.2) is 19.9 Å². The van der Waals surface area contributed by atoms with E-state index in [1.807, 2.05) is 19.9 Å². The summed E-state index contributed by atoms with van der Waals surface area (Å²) < 4.78 is 0. The minimum Gasteiger partial charge on any atom is -0.233 e. The molecule has 0 aliphatic heterocycles. The summed E-state index contributed by atoms with van der Waals surface area (Å²) in [5, 5.41) is 6.84. The van der Waals surface area contributed by atoms with E-state index >= 15 is 0 Å². The average molecular weight is 539 g/mol. The van der Waals surface area contributed by atoms with Gasteiger partial charge in [-0.2, -0.15) is 0 Å². The Labute approximate surface area is 243 Å². The van der Waals surface area contributed by atoms with E-state index in [1.54, 1.807) is 0 Å². The summed E-state index contributed by atoms with van der Waals surface area (Å²) in [6, 6.07) is 42.7. The SMILES string of the molecule is Cc1nc(-c2ccc(-c3cc4nc(C)nc(-c5ccccc5)c4c4ccccc34)cc2)c2cc3ccccc3cc2n1. The van der Waals surface area contributed by atoms with Gasteiger partial charge in [0.25, 0.3) is 0 Å². The molecule has 42 heavy (non-hydrogen) atoms. The topological polar surface area (TPSA) is 51.6 Å². The molecule has 0 aliphatic rings. The van der Waals surface area contributed by atoms with Gasteiger partial charge in [0, 0.05) is 21.9 Å². The second kappa shape index (κ2) is 9.57. The zero-order valence-electron chi connectivity index (χ0n) is 23.3. The van der Waals surface area contributed by atoms with Crippen molar-refractivity contribution in [3.8, 4) is 33.6 Å². The number of hydrogen-bond acceptors (Lipinski definition) is 4. The van der Waals surface area contributed by atoms with Crippen LogP contribution in [0.5, 0.6) is 0 Å². The fourth-order valence-electron chi connectivity index (χ4n) is 6.12. The molecule has 198 valence electrons. The lowest BCUT2D eigenvalue weighted by Gasteiger charge is -2.15. The number of hydrogen-bond donors (Lipinski definition) is 0. The van der Waals surface area contributed by atoms with Crippen LogP contribution in [0.4, 0.5) is 0 Å². The summed E-state index contributed by atoms with van der Waals surface area (Å²) >= 11 is 0. The number of aryl methyl sites for hydroxylation is 2. The Bertz CT molecular complexity index is 2310. The van der Waals surface area contributed by atoms with Crippen molar-refractivity contribution >= 4 is 43.4 Å². The molecule has 4 heteroatoms. The first-order chi connectivity index (χ1) is 20.6. The van der Waals surface area contributed by atoms with Gasteiger partial charge in [0.15, 0.2) is 0 Å². The van der Waals surface area contributed by atoms with Crippen molar-refractivity contribution in [1.82, 2.24) is 19.9 Å². The minimum absolute atomic E-state index is 0.761. The number of rotatable bonds is 3. The summed E-state index contributed by atoms with van der Waals surface area (Å²) in [6.45, 7) is 3.92. The summed E-state index contributed by atoms with van der Waals surface area (Å²) in [7, 11) is 0. The van der Waals surface area contributed by atoms with Gasteiger partial charge in [0.2, 0.25) is 0 Å². The maximum atomic E-state index is 4.90. The van der Waals surface area contributed by atoms with E-state index in [9.17, 15) is 0 Å². The summed E-state index contributed by atoms with van der Waals surface area (Å²) in [5.41, 5.74) is 8.28. The quantitative estimate of drug-likeness (QED) is 0.166. The van der Waals surface area contributed by atoms with Gasteiger partial charge in [0.05, 0.1) is 22.4 Å². The van der Waals surface area contributed by atoms with Crippen LogP contribution >= 0.6 is 0 Å². The first-order valence-corrected chi connectivity index (χ1v) is 14.2. The molecule has 6 aromatic carbocycles. The lowest BCUT2D eigenvalue weighted by atomic mass is 9.92. The maximum Gasteiger partial charge on any atom is 0.126 e. The highest BCUT2D eigenvalue weighted by atomic mass is 14.9. The third-order valence-corrected chi connectivity index (χ3v) is 8.01. The van der Waals surface area contributed by atoms with Crippen LogP contribution in [0.3, 0.4) is 0 Å². The van der Waals surface area contributed by atoms with Crippen molar-refractivity contribution in [2.24, 2.45) is 0 Å². The maximum absolute atomic E-state index is 4.90. The van der Waals surface area contributed by atoms with E-state index < -0.39 is 0 Å². The minimum atomic E-state index is 0.761. The molecule has 0 saturated heterocycles. The molecular weight excluding hydrogens is 512 g/mol. The van der Waals surface area contributed by atoms with E-state index in [2.05, 4.69) is 115 Å². The van der Waals surface area contributed by atoms with Crippen LogP contribution in [0.25, 0.3) is 77.0 Å². The summed E-state index contributed by atoms with van der Waals surface area (Å²) in [6.07, 6.45) is 0. The Kier molecular flexibility index (Phi) is 5.54. The number of fused-ring (bicyclic) bond motifs is 5. The Morgan fingerprint density at radius 1 is 0.405 bits per heavy atom. The smallest absolute Gasteiger partial charge is 0.126 e. The van der Waals surface area contributed by atoms with Crippen molar-refractivity contribution in [3.63, 3.8) is 0 Å². The second-order valence-corrected chi connectivity index (χ2v) is 10.8. The van der Waals surface area contributed by atoms with E-state index in [-0.39, 0.29) is 0 Å². The number of benzene rings is 6. The van der Waals surface area contributed by atoms with E-state index in [0.29, 0.717) is 0 Å². The van der Waals surface area contributed by atoms with E-state index in [1.165, 1.54) is 16.2 Å². The molecule has 0 fully saturated rings. The highest BCUT2D eigenvalue weighted by Crippen LogP contribution is 2.39. The van der Waals surface area contributed by atoms with Crippen LogP contribution in [0.2, 0.25) is 0 Å². The highest BCUT2D eigenvalue weighted by Gasteiger charge is 2.16. The van der Waals surface area contributed by atoms with E-state index in [0.717, 1.165) is 72.5 Å². The molecule has 0 radical (unpaired) electrons. The number of nitrogens with zero attached hydrogens (tertiary/aromatic N) is 4. The predicted octanol–water partition coefficient (Wildman–Crippen LogP) is 9.50. The first-order valence-electron chi connectivity index (χ1n) is 14.2. The van der Waals surface area contributed by atoms with Crippen molar-refractivity contribution in [2.75, 3.05) is 0 Å². The molecule has 0 unspecified atom stereocenters. The fourth-order valence-corrected chi connectivity index (χ4v) is 6.12. The molecule has 0 atom stereocenters. The summed E-state index contributed by atoms with van der Waals surface area (Å²) in [4.78, 5) is 19.4. The van der Waals surface area contributed by atoms with Crippen molar-refractivity contribution < 1.29 is 0 Å². The average Bonchev–Trinajstić information content (AvgIpc) is 3.03. The predicted molar refractivity (Wildman–Crippen MR) is 173 cm³/mol. The Morgan fingerprint density at radius 2 is 0.976 bits per heavy atom. The molecule has 0 saturated carbocycles. The molecule has 0 N–H and O–H groups in total. The molecular formula is C38H26N4. The standard InChI is InChI=1S/C38H26N4/c1-23-39-34-21-29-13-7-6-12-28(29)20-33(34)37(41-23)27-18-16-25(17-19-27)32-22-35-36(31-15-9-8-14-30(31)32)38(42-24(2)40-35)26-10-4-3-5-11-26/h3-22H,1-2H3. The fraction of sp³-hybridized carbons (Fsp3) is 0.0526. The van der Waals surface area contributed by atoms with Crippen LogP contribution in [0, 0.1) is 13.8 Å². The van der Waals surface area contributed by atoms with Crippen LogP contribution < -0.4 is 0 Å². The Balaban J connectivity index is 1.31. The number of aromatic nitrogens is 4. The molecule has 8 rings (SSSR count). The third-order valence-electron chi connectivity index (χ3n) is 8.01. The lowest BCUT2D eigenvalue weighted by Crippen LogP contribution is -1.96. The van der Waals surface area contributed by atoms with Gasteiger partial charge >= 0.3 is 0 Å². The van der Waals surface area contributed by atoms with Crippen LogP contribution in [-0.2, 0) is 0 Å². The normalized spacial score (nSPS) is 11.6. The third kappa shape index (κ3) is 4.00. The summed E-state index contributed by atoms with van der Waals surface area (Å²) in [5.74, 6) is 1.53. The van der Waals surface area contributed by atoms with Gasteiger partial charge in [-0.3, -0.25) is 0 Å². The van der Waals surface area contributed by atoms with Gasteiger partial charge < -0.3 is 0 Å². The molecule has 8 aromatic rings. The highest BCUT2D eigenvalue weighted by molar-refractivity contribution is 6.17. The molecule has 0 amide bonds. The van der Waals surface area contributed by atoms with Gasteiger partial charge in [-0.1, -0.05) is 103 Å². The molecule has 0 spiro atoms. The molecule has 0 aliphatic carbocycles. The van der Waals surface area contributed by atoms with Gasteiger partial charge in [-0.15, -0.1) is 0 Å². The van der Waals surface area contributed by atoms with Crippen molar-refractivity contribution in [1.29, 1.82) is 0 Å². The zero-order chi connectivity index (χ0) is 28.2. The lowest BCUT2D eigenvalue weighted by molar-refractivity contribution is 1.10. The second-order valence-electron chi connectivity index (χ2n) is 10.8. The zero-order valence-corrected chi connectivity index (χ0v) is 23.3. The molecule has 4 nitrogen and oxygen atoms in total. The molecule has 2 heterocycles. The Hall–Kier alpha value is -5.48. The van der Waals surface area contributed by atoms with Gasteiger partial charge in [-0.05, 0) is 64.7 Å². The molecule has 0 bridgehead atoms.